The zero-order valence-electron chi connectivity index (χ0n) is 11.6. The third kappa shape index (κ3) is 5.25. The van der Waals surface area contributed by atoms with Crippen molar-refractivity contribution in [1.82, 2.24) is 0 Å². The number of carbonyl (C=O) groups excluding carboxylic acids is 2. The molecule has 0 heterocycles. The van der Waals surface area contributed by atoms with Crippen LogP contribution in [-0.4, -0.2) is 38.7 Å². The Labute approximate surface area is 117 Å². The van der Waals surface area contributed by atoms with Gasteiger partial charge in [-0.1, -0.05) is 0 Å². The Kier molecular flexibility index (Phi) is 6.48. The maximum Gasteiger partial charge on any atom is 0.250 e. The first-order valence-electron chi connectivity index (χ1n) is 6.10. The second kappa shape index (κ2) is 8.13. The van der Waals surface area contributed by atoms with Crippen molar-refractivity contribution in [3.63, 3.8) is 0 Å². The molecule has 0 saturated heterocycles. The summed E-state index contributed by atoms with van der Waals surface area (Å²) in [5, 5.41) is 5.29. The summed E-state index contributed by atoms with van der Waals surface area (Å²) in [6.45, 7) is 2.04. The minimum atomic E-state index is -0.284. The van der Waals surface area contributed by atoms with Crippen molar-refractivity contribution in [3.8, 4) is 5.75 Å². The largest absolute Gasteiger partial charge is 0.494 e. The number of hydrogen-bond acceptors (Lipinski definition) is 5. The molecule has 20 heavy (non-hydrogen) atoms. The summed E-state index contributed by atoms with van der Waals surface area (Å²) in [6.07, 6.45) is 0. The van der Waals surface area contributed by atoms with Crippen molar-refractivity contribution < 1.29 is 19.1 Å². The number of nitrogens with one attached hydrogen (secondary N) is 2. The lowest BCUT2D eigenvalue weighted by molar-refractivity contribution is -0.120. The van der Waals surface area contributed by atoms with Crippen LogP contribution in [0.4, 0.5) is 11.4 Å². The summed E-state index contributed by atoms with van der Waals surface area (Å²) in [5.74, 6) is -0.0241. The van der Waals surface area contributed by atoms with Gasteiger partial charge in [-0.25, -0.2) is 0 Å². The molecule has 7 nitrogen and oxygen atoms in total. The maximum absolute atomic E-state index is 11.6. The van der Waals surface area contributed by atoms with Gasteiger partial charge in [0.05, 0.1) is 19.4 Å². The standard InChI is InChI=1S/C13H19N3O4/c1-9(17)15-11-4-3-10(7-12(11)19-2)16-13(18)8-20-6-5-14/h3-4,7H,5-6,8,14H2,1-2H3,(H,15,17)(H,16,18). The summed E-state index contributed by atoms with van der Waals surface area (Å²) in [5.41, 5.74) is 6.35. The number of nitrogens with two attached hydrogens (primary N) is 1. The minimum absolute atomic E-state index is 0.0625. The monoisotopic (exact) mass is 281 g/mol. The normalized spacial score (nSPS) is 9.95. The molecule has 0 spiro atoms. The van der Waals surface area contributed by atoms with E-state index in [-0.39, 0.29) is 18.4 Å². The molecule has 2 amide bonds. The molecule has 0 saturated carbocycles. The van der Waals surface area contributed by atoms with Crippen LogP contribution in [0.25, 0.3) is 0 Å². The van der Waals surface area contributed by atoms with Crippen LogP contribution in [0.2, 0.25) is 0 Å². The summed E-state index contributed by atoms with van der Waals surface area (Å²) in [4.78, 5) is 22.6. The summed E-state index contributed by atoms with van der Waals surface area (Å²) in [6, 6.07) is 4.93. The smallest absolute Gasteiger partial charge is 0.250 e. The number of ether oxygens (including phenoxy) is 2. The van der Waals surface area contributed by atoms with E-state index in [0.717, 1.165) is 0 Å². The quantitative estimate of drug-likeness (QED) is 0.634. The molecule has 0 aromatic heterocycles. The van der Waals surface area contributed by atoms with Crippen molar-refractivity contribution in [1.29, 1.82) is 0 Å². The van der Waals surface area contributed by atoms with Crippen LogP contribution in [0, 0.1) is 0 Å². The summed E-state index contributed by atoms with van der Waals surface area (Å²) < 4.78 is 10.2. The Balaban J connectivity index is 2.67. The van der Waals surface area contributed by atoms with Gasteiger partial charge in [-0.3, -0.25) is 9.59 Å². The van der Waals surface area contributed by atoms with E-state index in [2.05, 4.69) is 10.6 Å². The number of benzene rings is 1. The first kappa shape index (κ1) is 15.9. The fraction of sp³-hybridized carbons (Fsp3) is 0.385. The van der Waals surface area contributed by atoms with Crippen molar-refractivity contribution in [3.05, 3.63) is 18.2 Å². The van der Waals surface area contributed by atoms with E-state index >= 15 is 0 Å². The van der Waals surface area contributed by atoms with E-state index in [1.165, 1.54) is 14.0 Å². The maximum atomic E-state index is 11.6. The van der Waals surface area contributed by atoms with E-state index in [9.17, 15) is 9.59 Å². The van der Waals surface area contributed by atoms with Gasteiger partial charge < -0.3 is 25.8 Å². The highest BCUT2D eigenvalue weighted by Crippen LogP contribution is 2.27. The van der Waals surface area contributed by atoms with Gasteiger partial charge in [-0.15, -0.1) is 0 Å². The van der Waals surface area contributed by atoms with Gasteiger partial charge in [0.15, 0.2) is 0 Å². The van der Waals surface area contributed by atoms with E-state index < -0.39 is 0 Å². The number of rotatable bonds is 7. The average Bonchev–Trinajstić information content (AvgIpc) is 2.40. The Morgan fingerprint density at radius 1 is 1.30 bits per heavy atom. The third-order valence-corrected chi connectivity index (χ3v) is 2.29. The van der Waals surface area contributed by atoms with Crippen LogP contribution < -0.4 is 21.1 Å². The van der Waals surface area contributed by atoms with Crippen molar-refractivity contribution >= 4 is 23.2 Å². The third-order valence-electron chi connectivity index (χ3n) is 2.29. The Morgan fingerprint density at radius 2 is 2.05 bits per heavy atom. The fourth-order valence-corrected chi connectivity index (χ4v) is 1.51. The molecule has 0 atom stereocenters. The predicted octanol–water partition coefficient (Wildman–Crippen LogP) is 0.567. The topological polar surface area (TPSA) is 103 Å². The number of hydrogen-bond donors (Lipinski definition) is 3. The summed E-state index contributed by atoms with van der Waals surface area (Å²) >= 11 is 0. The average molecular weight is 281 g/mol. The molecular weight excluding hydrogens is 262 g/mol. The zero-order chi connectivity index (χ0) is 15.0. The van der Waals surface area contributed by atoms with Gasteiger partial charge in [0.2, 0.25) is 11.8 Å². The van der Waals surface area contributed by atoms with Crippen LogP contribution in [0.15, 0.2) is 18.2 Å². The number of methoxy groups -OCH3 is 1. The lowest BCUT2D eigenvalue weighted by Crippen LogP contribution is -2.20. The fourth-order valence-electron chi connectivity index (χ4n) is 1.51. The highest BCUT2D eigenvalue weighted by Gasteiger charge is 2.08. The Morgan fingerprint density at radius 3 is 2.65 bits per heavy atom. The SMILES string of the molecule is COc1cc(NC(=O)COCCN)ccc1NC(C)=O. The van der Waals surface area contributed by atoms with Crippen molar-refractivity contribution in [2.24, 2.45) is 5.73 Å². The van der Waals surface area contributed by atoms with E-state index in [4.69, 9.17) is 15.2 Å². The lowest BCUT2D eigenvalue weighted by atomic mass is 10.2. The van der Waals surface area contributed by atoms with Crippen LogP contribution in [-0.2, 0) is 14.3 Å². The van der Waals surface area contributed by atoms with Gasteiger partial charge in [0.25, 0.3) is 0 Å². The van der Waals surface area contributed by atoms with Crippen LogP contribution >= 0.6 is 0 Å². The van der Waals surface area contributed by atoms with Crippen LogP contribution in [0.5, 0.6) is 5.75 Å². The van der Waals surface area contributed by atoms with E-state index in [1.807, 2.05) is 0 Å². The van der Waals surface area contributed by atoms with Gasteiger partial charge >= 0.3 is 0 Å². The molecule has 1 aromatic carbocycles. The Hall–Kier alpha value is -2.12. The molecular formula is C13H19N3O4. The molecule has 7 heteroatoms. The summed E-state index contributed by atoms with van der Waals surface area (Å²) in [7, 11) is 1.48. The molecule has 1 aromatic rings. The van der Waals surface area contributed by atoms with Gasteiger partial charge in [-0.05, 0) is 12.1 Å². The number of carbonyl (C=O) groups is 2. The van der Waals surface area contributed by atoms with Gasteiger partial charge in [0.1, 0.15) is 12.4 Å². The van der Waals surface area contributed by atoms with E-state index in [1.54, 1.807) is 18.2 Å². The predicted molar refractivity (Wildman–Crippen MR) is 75.8 cm³/mol. The van der Waals surface area contributed by atoms with Crippen molar-refractivity contribution in [2.45, 2.75) is 6.92 Å². The molecule has 1 rings (SSSR count). The van der Waals surface area contributed by atoms with Crippen molar-refractivity contribution in [2.75, 3.05) is 37.5 Å². The van der Waals surface area contributed by atoms with E-state index in [0.29, 0.717) is 30.3 Å². The molecule has 4 N–H and O–H groups in total. The lowest BCUT2D eigenvalue weighted by Gasteiger charge is -2.11. The molecule has 0 aliphatic heterocycles. The number of amides is 2. The van der Waals surface area contributed by atoms with Gasteiger partial charge in [0, 0.05) is 25.2 Å². The molecule has 0 unspecified atom stereocenters. The highest BCUT2D eigenvalue weighted by molar-refractivity contribution is 5.94. The first-order chi connectivity index (χ1) is 9.56. The number of anilines is 2. The molecule has 0 bridgehead atoms. The molecule has 110 valence electrons. The highest BCUT2D eigenvalue weighted by atomic mass is 16.5. The minimum Gasteiger partial charge on any atom is -0.494 e. The zero-order valence-corrected chi connectivity index (χ0v) is 11.6. The Bertz CT molecular complexity index is 477. The molecule has 0 fully saturated rings. The van der Waals surface area contributed by atoms with Crippen LogP contribution in [0.3, 0.4) is 0 Å². The van der Waals surface area contributed by atoms with Crippen LogP contribution in [0.1, 0.15) is 6.92 Å². The first-order valence-corrected chi connectivity index (χ1v) is 6.10. The second-order valence-electron chi connectivity index (χ2n) is 3.99. The molecule has 0 aliphatic carbocycles. The van der Waals surface area contributed by atoms with Gasteiger partial charge in [-0.2, -0.15) is 0 Å². The molecule has 0 aliphatic rings. The molecule has 0 radical (unpaired) electrons. The second-order valence-corrected chi connectivity index (χ2v) is 3.99.